The van der Waals surface area contributed by atoms with Crippen LogP contribution in [0.3, 0.4) is 0 Å². The Morgan fingerprint density at radius 3 is 2.66 bits per heavy atom. The maximum atomic E-state index is 13.2. The molecule has 1 aromatic heterocycles. The minimum Gasteiger partial charge on any atom is -0.466 e. The molecule has 0 bridgehead atoms. The van der Waals surface area contributed by atoms with Crippen LogP contribution in [0.15, 0.2) is 53.9 Å². The topological polar surface area (TPSA) is 93.7 Å². The van der Waals surface area contributed by atoms with Gasteiger partial charge in [0.2, 0.25) is 0 Å². The van der Waals surface area contributed by atoms with Crippen LogP contribution >= 0.6 is 11.3 Å². The number of ether oxygens (including phenoxy) is 2. The maximum absolute atomic E-state index is 13.2. The van der Waals surface area contributed by atoms with Crippen LogP contribution in [0.25, 0.3) is 11.1 Å². The van der Waals surface area contributed by atoms with E-state index >= 15 is 0 Å². The van der Waals surface area contributed by atoms with Gasteiger partial charge in [0.05, 0.1) is 12.3 Å². The van der Waals surface area contributed by atoms with Gasteiger partial charge in [0, 0.05) is 10.9 Å². The van der Waals surface area contributed by atoms with Gasteiger partial charge < -0.3 is 20.1 Å². The summed E-state index contributed by atoms with van der Waals surface area (Å²) in [6.45, 7) is 5.20. The summed E-state index contributed by atoms with van der Waals surface area (Å²) in [4.78, 5) is 38.7. The molecule has 0 spiro atoms. The van der Waals surface area contributed by atoms with Crippen LogP contribution in [0.4, 0.5) is 10.7 Å². The third-order valence-corrected chi connectivity index (χ3v) is 6.04. The van der Waals surface area contributed by atoms with E-state index in [0.29, 0.717) is 22.0 Å². The molecule has 1 aliphatic heterocycles. The molecule has 0 saturated carbocycles. The van der Waals surface area contributed by atoms with E-state index in [1.54, 1.807) is 24.4 Å². The Balaban J connectivity index is 1.67. The second-order valence-corrected chi connectivity index (χ2v) is 8.36. The highest BCUT2D eigenvalue weighted by Gasteiger charge is 2.47. The molecular weight excluding hydrogens is 428 g/mol. The van der Waals surface area contributed by atoms with Crippen LogP contribution in [0, 0.1) is 6.92 Å². The van der Waals surface area contributed by atoms with E-state index in [-0.39, 0.29) is 12.2 Å². The fourth-order valence-corrected chi connectivity index (χ4v) is 4.35. The number of carbonyl (C=O) groups excluding carboxylic acids is 3. The summed E-state index contributed by atoms with van der Waals surface area (Å²) in [5.74, 6) is -1.43. The number of hydrogen-bond acceptors (Lipinski definition) is 6. The molecule has 3 aromatic rings. The number of rotatable bonds is 5. The molecule has 1 atom stereocenters. The highest BCUT2D eigenvalue weighted by atomic mass is 32.1. The molecule has 8 heteroatoms. The fraction of sp³-hybridized carbons (Fsp3) is 0.208. The van der Waals surface area contributed by atoms with Gasteiger partial charge in [0.25, 0.3) is 17.4 Å². The van der Waals surface area contributed by atoms with Crippen molar-refractivity contribution in [3.63, 3.8) is 0 Å². The summed E-state index contributed by atoms with van der Waals surface area (Å²) < 4.78 is 11.1. The molecular formula is C24H22N2O5S. The smallest absolute Gasteiger partial charge is 0.341 e. The van der Waals surface area contributed by atoms with Crippen LogP contribution < -0.4 is 15.4 Å². The minimum atomic E-state index is -1.81. The van der Waals surface area contributed by atoms with Gasteiger partial charge in [-0.05, 0) is 44.0 Å². The van der Waals surface area contributed by atoms with Crippen LogP contribution in [0.5, 0.6) is 5.75 Å². The van der Waals surface area contributed by atoms with Crippen LogP contribution in [0.2, 0.25) is 0 Å². The van der Waals surface area contributed by atoms with Gasteiger partial charge in [-0.15, -0.1) is 11.3 Å². The average Bonchev–Trinajstić information content (AvgIpc) is 3.19. The molecule has 2 aromatic carbocycles. The van der Waals surface area contributed by atoms with Crippen molar-refractivity contribution < 1.29 is 23.9 Å². The highest BCUT2D eigenvalue weighted by molar-refractivity contribution is 7.15. The van der Waals surface area contributed by atoms with Crippen molar-refractivity contribution >= 4 is 39.8 Å². The van der Waals surface area contributed by atoms with Gasteiger partial charge in [-0.2, -0.15) is 0 Å². The summed E-state index contributed by atoms with van der Waals surface area (Å²) in [5.41, 5.74) is 1.35. The van der Waals surface area contributed by atoms with Gasteiger partial charge in [0.1, 0.15) is 16.3 Å². The van der Waals surface area contributed by atoms with E-state index in [0.717, 1.165) is 11.1 Å². The van der Waals surface area contributed by atoms with Gasteiger partial charge >= 0.3 is 5.97 Å². The molecule has 32 heavy (non-hydrogen) atoms. The Hall–Kier alpha value is -3.65. The fourth-order valence-electron chi connectivity index (χ4n) is 3.40. The first-order valence-corrected chi connectivity index (χ1v) is 11.0. The number of nitrogens with one attached hydrogen (secondary N) is 2. The number of thiophene rings is 1. The lowest BCUT2D eigenvalue weighted by Gasteiger charge is -2.33. The zero-order valence-electron chi connectivity index (χ0n) is 17.9. The minimum absolute atomic E-state index is 0.190. The predicted octanol–water partition coefficient (Wildman–Crippen LogP) is 4.63. The molecule has 2 heterocycles. The van der Waals surface area contributed by atoms with E-state index in [1.165, 1.54) is 18.3 Å². The Morgan fingerprint density at radius 2 is 1.94 bits per heavy atom. The zero-order chi connectivity index (χ0) is 22.9. The molecule has 2 amide bonds. The van der Waals surface area contributed by atoms with E-state index in [9.17, 15) is 14.4 Å². The lowest BCUT2D eigenvalue weighted by molar-refractivity contribution is -0.143. The van der Waals surface area contributed by atoms with Crippen LogP contribution in [-0.2, 0) is 14.3 Å². The first kappa shape index (κ1) is 21.6. The number of amides is 2. The number of anilines is 2. The van der Waals surface area contributed by atoms with Crippen molar-refractivity contribution in [3.8, 4) is 16.9 Å². The summed E-state index contributed by atoms with van der Waals surface area (Å²) in [5, 5.41) is 7.52. The van der Waals surface area contributed by atoms with Crippen LogP contribution in [0.1, 0.15) is 29.8 Å². The summed E-state index contributed by atoms with van der Waals surface area (Å²) >= 11 is 1.18. The largest absolute Gasteiger partial charge is 0.466 e. The molecule has 0 saturated heterocycles. The van der Waals surface area contributed by atoms with Gasteiger partial charge in [0.15, 0.2) is 0 Å². The second-order valence-electron chi connectivity index (χ2n) is 7.48. The van der Waals surface area contributed by atoms with Crippen molar-refractivity contribution in [2.45, 2.75) is 26.4 Å². The SMILES string of the molecule is CCOC(=O)c1c(-c2ccccc2)csc1NC(=O)C1(C)Oc2ccc(C)cc2NC1=O. The molecule has 4 rings (SSSR count). The number of carbonyl (C=O) groups is 3. The Bertz CT molecular complexity index is 1200. The van der Waals surface area contributed by atoms with Crippen molar-refractivity contribution in [3.05, 3.63) is 65.0 Å². The molecule has 164 valence electrons. The van der Waals surface area contributed by atoms with Crippen molar-refractivity contribution in [1.82, 2.24) is 0 Å². The summed E-state index contributed by atoms with van der Waals surface area (Å²) in [6.07, 6.45) is 0. The number of aryl methyl sites for hydroxylation is 1. The average molecular weight is 451 g/mol. The quantitative estimate of drug-likeness (QED) is 0.437. The number of fused-ring (bicyclic) bond motifs is 1. The predicted molar refractivity (Wildman–Crippen MR) is 123 cm³/mol. The van der Waals surface area contributed by atoms with E-state index in [1.807, 2.05) is 43.3 Å². The Labute approximate surface area is 189 Å². The van der Waals surface area contributed by atoms with E-state index < -0.39 is 23.4 Å². The molecule has 7 nitrogen and oxygen atoms in total. The van der Waals surface area contributed by atoms with Gasteiger partial charge in [-0.25, -0.2) is 4.79 Å². The first-order chi connectivity index (χ1) is 15.3. The lowest BCUT2D eigenvalue weighted by Crippen LogP contribution is -2.56. The lowest BCUT2D eigenvalue weighted by atomic mass is 10.0. The second kappa shape index (κ2) is 8.47. The molecule has 2 N–H and O–H groups in total. The molecule has 1 unspecified atom stereocenters. The van der Waals surface area contributed by atoms with Crippen LogP contribution in [-0.4, -0.2) is 30.0 Å². The number of esters is 1. The number of hydrogen-bond donors (Lipinski definition) is 2. The Kier molecular flexibility index (Phi) is 5.71. The van der Waals surface area contributed by atoms with E-state index in [2.05, 4.69) is 10.6 Å². The van der Waals surface area contributed by atoms with E-state index in [4.69, 9.17) is 9.47 Å². The third-order valence-electron chi connectivity index (χ3n) is 5.15. The monoisotopic (exact) mass is 450 g/mol. The zero-order valence-corrected chi connectivity index (χ0v) is 18.7. The molecule has 0 aliphatic carbocycles. The normalized spacial score (nSPS) is 17.0. The van der Waals surface area contributed by atoms with Crippen molar-refractivity contribution in [2.75, 3.05) is 17.2 Å². The maximum Gasteiger partial charge on any atom is 0.341 e. The first-order valence-electron chi connectivity index (χ1n) is 10.1. The van der Waals surface area contributed by atoms with Gasteiger partial charge in [-0.1, -0.05) is 36.4 Å². The molecule has 0 radical (unpaired) electrons. The highest BCUT2D eigenvalue weighted by Crippen LogP contribution is 2.38. The van der Waals surface area contributed by atoms with Crippen molar-refractivity contribution in [2.24, 2.45) is 0 Å². The van der Waals surface area contributed by atoms with Gasteiger partial charge in [-0.3, -0.25) is 9.59 Å². The molecule has 0 fully saturated rings. The standard InChI is InChI=1S/C24H22N2O5S/c1-4-30-21(27)19-16(15-8-6-5-7-9-15)13-32-20(19)26-23(29)24(3)22(28)25-17-12-14(2)10-11-18(17)31-24/h5-13H,4H2,1-3H3,(H,25,28)(H,26,29). The molecule has 1 aliphatic rings. The third kappa shape index (κ3) is 3.85. The number of benzene rings is 2. The summed E-state index contributed by atoms with van der Waals surface area (Å²) in [7, 11) is 0. The summed E-state index contributed by atoms with van der Waals surface area (Å²) in [6, 6.07) is 14.7. The Morgan fingerprint density at radius 1 is 1.19 bits per heavy atom. The van der Waals surface area contributed by atoms with Crippen molar-refractivity contribution in [1.29, 1.82) is 0 Å².